The van der Waals surface area contributed by atoms with Crippen LogP contribution in [0.2, 0.25) is 0 Å². The fourth-order valence-corrected chi connectivity index (χ4v) is 2.34. The summed E-state index contributed by atoms with van der Waals surface area (Å²) in [6.07, 6.45) is 1.66. The molecule has 7 nitrogen and oxygen atoms in total. The van der Waals surface area contributed by atoms with Gasteiger partial charge in [0.25, 0.3) is 5.69 Å². The Morgan fingerprint density at radius 2 is 2.10 bits per heavy atom. The number of esters is 1. The van der Waals surface area contributed by atoms with Crippen LogP contribution in [0.25, 0.3) is 0 Å². The molecule has 1 heterocycles. The van der Waals surface area contributed by atoms with Crippen molar-refractivity contribution in [3.63, 3.8) is 0 Å². The van der Waals surface area contributed by atoms with Crippen molar-refractivity contribution in [3.05, 3.63) is 33.4 Å². The lowest BCUT2D eigenvalue weighted by Gasteiger charge is -2.25. The average Bonchev–Trinajstić information content (AvgIpc) is 2.49. The second-order valence-corrected chi connectivity index (χ2v) is 4.95. The van der Waals surface area contributed by atoms with Crippen LogP contribution in [0.5, 0.6) is 0 Å². The van der Waals surface area contributed by atoms with Gasteiger partial charge in [-0.15, -0.1) is 0 Å². The highest BCUT2D eigenvalue weighted by Crippen LogP contribution is 2.28. The second kappa shape index (κ2) is 6.53. The van der Waals surface area contributed by atoms with Gasteiger partial charge in [-0.25, -0.2) is 4.79 Å². The normalized spacial score (nSPS) is 15.5. The first-order valence-electron chi connectivity index (χ1n) is 6.74. The highest BCUT2D eigenvalue weighted by molar-refractivity contribution is 5.93. The number of rotatable bonds is 4. The number of nitro benzene ring substituents is 1. The van der Waals surface area contributed by atoms with Gasteiger partial charge in [-0.1, -0.05) is 0 Å². The molecule has 1 aliphatic heterocycles. The van der Waals surface area contributed by atoms with E-state index in [1.54, 1.807) is 6.92 Å². The van der Waals surface area contributed by atoms with Gasteiger partial charge in [-0.3, -0.25) is 10.1 Å². The molecule has 2 rings (SSSR count). The zero-order valence-electron chi connectivity index (χ0n) is 12.0. The Labute approximate surface area is 122 Å². The maximum Gasteiger partial charge on any atom is 0.338 e. The number of non-ortho nitro benzene ring substituents is 1. The number of hydrogen-bond donors (Lipinski definition) is 1. The summed E-state index contributed by atoms with van der Waals surface area (Å²) >= 11 is 0. The fourth-order valence-electron chi connectivity index (χ4n) is 2.34. The van der Waals surface area contributed by atoms with Crippen LogP contribution in [0, 0.1) is 17.0 Å². The first kappa shape index (κ1) is 15.2. The third-order valence-electron chi connectivity index (χ3n) is 3.59. The predicted octanol–water partition coefficient (Wildman–Crippen LogP) is 2.28. The summed E-state index contributed by atoms with van der Waals surface area (Å²) < 4.78 is 9.97. The minimum Gasteiger partial charge on any atom is -0.465 e. The molecule has 1 aromatic rings. The largest absolute Gasteiger partial charge is 0.465 e. The Hall–Kier alpha value is -2.15. The molecular formula is C14H18N2O5. The molecule has 0 aromatic heterocycles. The predicted molar refractivity (Wildman–Crippen MR) is 76.6 cm³/mol. The van der Waals surface area contributed by atoms with Gasteiger partial charge in [-0.05, 0) is 25.3 Å². The third-order valence-corrected chi connectivity index (χ3v) is 3.59. The number of nitrogens with one attached hydrogen (secondary N) is 1. The molecule has 0 radical (unpaired) electrons. The van der Waals surface area contributed by atoms with Crippen LogP contribution in [0.1, 0.15) is 28.8 Å². The summed E-state index contributed by atoms with van der Waals surface area (Å²) in [5, 5.41) is 14.3. The maximum atomic E-state index is 11.8. The molecule has 21 heavy (non-hydrogen) atoms. The minimum absolute atomic E-state index is 0.129. The first-order valence-corrected chi connectivity index (χ1v) is 6.74. The average molecular weight is 294 g/mol. The number of ether oxygens (including phenoxy) is 2. The lowest BCUT2D eigenvalue weighted by Crippen LogP contribution is -2.28. The third kappa shape index (κ3) is 3.49. The Kier molecular flexibility index (Phi) is 4.74. The smallest absolute Gasteiger partial charge is 0.338 e. The van der Waals surface area contributed by atoms with Crippen LogP contribution in [0.4, 0.5) is 11.4 Å². The molecule has 0 saturated carbocycles. The zero-order chi connectivity index (χ0) is 15.4. The fraction of sp³-hybridized carbons (Fsp3) is 0.500. The van der Waals surface area contributed by atoms with E-state index in [-0.39, 0.29) is 17.3 Å². The molecule has 114 valence electrons. The summed E-state index contributed by atoms with van der Waals surface area (Å²) in [5.41, 5.74) is 1.33. The standard InChI is InChI=1S/C14H18N2O5/c1-9-12(14(17)20-2)7-11(16(18)19)8-13(9)15-10-3-5-21-6-4-10/h7-8,10,15H,3-6H2,1-2H3. The van der Waals surface area contributed by atoms with Gasteiger partial charge in [0.15, 0.2) is 0 Å². The van der Waals surface area contributed by atoms with Crippen molar-refractivity contribution in [1.82, 2.24) is 0 Å². The molecule has 1 aliphatic rings. The lowest BCUT2D eigenvalue weighted by molar-refractivity contribution is -0.384. The summed E-state index contributed by atoms with van der Waals surface area (Å²) in [7, 11) is 1.26. The molecule has 0 amide bonds. The molecule has 0 unspecified atom stereocenters. The monoisotopic (exact) mass is 294 g/mol. The van der Waals surface area contributed by atoms with E-state index < -0.39 is 10.9 Å². The van der Waals surface area contributed by atoms with Crippen molar-refractivity contribution in [2.45, 2.75) is 25.8 Å². The van der Waals surface area contributed by atoms with E-state index in [1.807, 2.05) is 0 Å². The van der Waals surface area contributed by atoms with E-state index in [2.05, 4.69) is 10.1 Å². The van der Waals surface area contributed by atoms with Gasteiger partial charge in [0, 0.05) is 37.1 Å². The summed E-state index contributed by atoms with van der Waals surface area (Å²) in [5.74, 6) is -0.578. The number of carbonyl (C=O) groups excluding carboxylic acids is 1. The maximum absolute atomic E-state index is 11.8. The Morgan fingerprint density at radius 1 is 1.43 bits per heavy atom. The summed E-state index contributed by atoms with van der Waals surface area (Å²) in [6, 6.07) is 2.89. The van der Waals surface area contributed by atoms with Gasteiger partial charge in [0.2, 0.25) is 0 Å². The van der Waals surface area contributed by atoms with E-state index in [0.29, 0.717) is 24.5 Å². The number of carbonyl (C=O) groups is 1. The molecule has 0 aliphatic carbocycles. The van der Waals surface area contributed by atoms with Crippen molar-refractivity contribution in [2.75, 3.05) is 25.6 Å². The number of benzene rings is 1. The van der Waals surface area contributed by atoms with Crippen molar-refractivity contribution >= 4 is 17.3 Å². The van der Waals surface area contributed by atoms with Crippen molar-refractivity contribution in [1.29, 1.82) is 0 Å². The molecule has 1 aromatic carbocycles. The van der Waals surface area contributed by atoms with E-state index in [1.165, 1.54) is 19.2 Å². The number of methoxy groups -OCH3 is 1. The highest BCUT2D eigenvalue weighted by Gasteiger charge is 2.21. The van der Waals surface area contributed by atoms with Crippen LogP contribution in [0.15, 0.2) is 12.1 Å². The van der Waals surface area contributed by atoms with Gasteiger partial charge in [-0.2, -0.15) is 0 Å². The van der Waals surface area contributed by atoms with Crippen LogP contribution in [-0.4, -0.2) is 37.3 Å². The molecule has 7 heteroatoms. The van der Waals surface area contributed by atoms with Crippen molar-refractivity contribution < 1.29 is 19.2 Å². The number of anilines is 1. The number of nitrogens with zero attached hydrogens (tertiary/aromatic N) is 1. The Balaban J connectivity index is 2.35. The Morgan fingerprint density at radius 3 is 2.67 bits per heavy atom. The van der Waals surface area contributed by atoms with Crippen LogP contribution >= 0.6 is 0 Å². The van der Waals surface area contributed by atoms with Crippen LogP contribution < -0.4 is 5.32 Å². The topological polar surface area (TPSA) is 90.7 Å². The van der Waals surface area contributed by atoms with Gasteiger partial charge >= 0.3 is 5.97 Å². The summed E-state index contributed by atoms with van der Waals surface area (Å²) in [6.45, 7) is 3.07. The molecule has 1 saturated heterocycles. The van der Waals surface area contributed by atoms with Crippen LogP contribution in [-0.2, 0) is 9.47 Å². The number of nitro groups is 1. The van der Waals surface area contributed by atoms with E-state index in [9.17, 15) is 14.9 Å². The first-order chi connectivity index (χ1) is 10.0. The van der Waals surface area contributed by atoms with E-state index in [4.69, 9.17) is 4.74 Å². The highest BCUT2D eigenvalue weighted by atomic mass is 16.6. The zero-order valence-corrected chi connectivity index (χ0v) is 12.0. The van der Waals surface area contributed by atoms with Gasteiger partial charge in [0.05, 0.1) is 17.6 Å². The molecular weight excluding hydrogens is 276 g/mol. The lowest BCUT2D eigenvalue weighted by atomic mass is 10.0. The van der Waals surface area contributed by atoms with Gasteiger partial charge in [0.1, 0.15) is 0 Å². The summed E-state index contributed by atoms with van der Waals surface area (Å²) in [4.78, 5) is 22.3. The minimum atomic E-state index is -0.578. The van der Waals surface area contributed by atoms with Crippen molar-refractivity contribution in [3.8, 4) is 0 Å². The van der Waals surface area contributed by atoms with E-state index >= 15 is 0 Å². The molecule has 0 bridgehead atoms. The van der Waals surface area contributed by atoms with E-state index in [0.717, 1.165) is 12.8 Å². The number of hydrogen-bond acceptors (Lipinski definition) is 6. The Bertz CT molecular complexity index is 553. The second-order valence-electron chi connectivity index (χ2n) is 4.95. The molecule has 1 N–H and O–H groups in total. The SMILES string of the molecule is COC(=O)c1cc([N+](=O)[O-])cc(NC2CCOCC2)c1C. The molecule has 0 spiro atoms. The van der Waals surface area contributed by atoms with Crippen molar-refractivity contribution in [2.24, 2.45) is 0 Å². The quantitative estimate of drug-likeness (QED) is 0.520. The molecule has 1 fully saturated rings. The van der Waals surface area contributed by atoms with Gasteiger partial charge < -0.3 is 14.8 Å². The molecule has 0 atom stereocenters. The van der Waals surface area contributed by atoms with Crippen LogP contribution in [0.3, 0.4) is 0 Å².